The fraction of sp³-hybridized carbons (Fsp3) is 0.462. The number of nitriles is 1. The van der Waals surface area contributed by atoms with E-state index in [-0.39, 0.29) is 0 Å². The maximum atomic E-state index is 8.74. The molecule has 0 saturated heterocycles. The Morgan fingerprint density at radius 3 is 2.64 bits per heavy atom. The molecule has 1 aliphatic carbocycles. The first-order valence-electron chi connectivity index (χ1n) is 5.36. The summed E-state index contributed by atoms with van der Waals surface area (Å²) < 4.78 is 0. The van der Waals surface area contributed by atoms with Crippen LogP contribution >= 0.6 is 0 Å². The molecule has 0 N–H and O–H groups in total. The van der Waals surface area contributed by atoms with Gasteiger partial charge in [-0.25, -0.2) is 0 Å². The molecule has 0 spiro atoms. The van der Waals surface area contributed by atoms with Crippen LogP contribution in [0.1, 0.15) is 42.7 Å². The Hall–Kier alpha value is -1.29. The molecule has 1 aliphatic rings. The Balaban J connectivity index is 2.26. The number of rotatable bonds is 2. The van der Waals surface area contributed by atoms with Crippen molar-refractivity contribution in [1.82, 2.24) is 0 Å². The molecule has 0 heterocycles. The number of benzene rings is 1. The minimum absolute atomic E-state index is 0.562. The zero-order chi connectivity index (χ0) is 9.80. The van der Waals surface area contributed by atoms with Crippen LogP contribution in [-0.2, 0) is 6.42 Å². The van der Waals surface area contributed by atoms with Gasteiger partial charge in [0.1, 0.15) is 0 Å². The van der Waals surface area contributed by atoms with Crippen molar-refractivity contribution in [2.24, 2.45) is 0 Å². The zero-order valence-electron chi connectivity index (χ0n) is 8.37. The summed E-state index contributed by atoms with van der Waals surface area (Å²) in [7, 11) is 0. The third-order valence-corrected chi connectivity index (χ3v) is 3.12. The lowest BCUT2D eigenvalue weighted by Crippen LogP contribution is -1.97. The van der Waals surface area contributed by atoms with E-state index in [2.05, 4.69) is 24.3 Å². The second-order valence-corrected chi connectivity index (χ2v) is 4.02. The first kappa shape index (κ1) is 9.27. The van der Waals surface area contributed by atoms with Crippen molar-refractivity contribution >= 4 is 0 Å². The van der Waals surface area contributed by atoms with Crippen LogP contribution in [0.25, 0.3) is 0 Å². The molecule has 0 aromatic heterocycles. The van der Waals surface area contributed by atoms with E-state index in [9.17, 15) is 0 Å². The molecule has 1 aromatic rings. The lowest BCUT2D eigenvalue weighted by molar-refractivity contribution is 0.715. The van der Waals surface area contributed by atoms with Crippen molar-refractivity contribution in [1.29, 1.82) is 5.26 Å². The SMILES string of the molecule is N#CCc1ccccc1C1CCCC1. The maximum Gasteiger partial charge on any atom is 0.0669 e. The van der Waals surface area contributed by atoms with Gasteiger partial charge in [-0.2, -0.15) is 5.26 Å². The van der Waals surface area contributed by atoms with Gasteiger partial charge in [-0.3, -0.25) is 0 Å². The van der Waals surface area contributed by atoms with E-state index in [0.717, 1.165) is 5.92 Å². The quantitative estimate of drug-likeness (QED) is 0.692. The van der Waals surface area contributed by atoms with Gasteiger partial charge >= 0.3 is 0 Å². The van der Waals surface area contributed by atoms with Gasteiger partial charge in [-0.05, 0) is 29.9 Å². The molecule has 72 valence electrons. The van der Waals surface area contributed by atoms with Crippen LogP contribution in [0.15, 0.2) is 24.3 Å². The summed E-state index contributed by atoms with van der Waals surface area (Å²) in [5, 5.41) is 8.74. The summed E-state index contributed by atoms with van der Waals surface area (Å²) in [5.41, 5.74) is 2.66. The van der Waals surface area contributed by atoms with Gasteiger partial charge in [0, 0.05) is 0 Å². The normalized spacial score (nSPS) is 16.8. The highest BCUT2D eigenvalue weighted by molar-refractivity contribution is 5.32. The van der Waals surface area contributed by atoms with E-state index >= 15 is 0 Å². The van der Waals surface area contributed by atoms with Crippen LogP contribution < -0.4 is 0 Å². The van der Waals surface area contributed by atoms with E-state index in [1.807, 2.05) is 6.07 Å². The molecular formula is C13H15N. The van der Waals surface area contributed by atoms with Crippen LogP contribution in [0, 0.1) is 11.3 Å². The molecule has 0 unspecified atom stereocenters. The summed E-state index contributed by atoms with van der Waals surface area (Å²) in [6, 6.07) is 10.7. The van der Waals surface area contributed by atoms with E-state index in [0.29, 0.717) is 6.42 Å². The van der Waals surface area contributed by atoms with Gasteiger partial charge in [0.15, 0.2) is 0 Å². The largest absolute Gasteiger partial charge is 0.198 e. The van der Waals surface area contributed by atoms with Crippen molar-refractivity contribution in [2.45, 2.75) is 38.0 Å². The molecule has 0 amide bonds. The Morgan fingerprint density at radius 2 is 1.93 bits per heavy atom. The minimum Gasteiger partial charge on any atom is -0.198 e. The van der Waals surface area contributed by atoms with E-state index in [4.69, 9.17) is 5.26 Å². The summed E-state index contributed by atoms with van der Waals surface area (Å²) in [6.45, 7) is 0. The van der Waals surface area contributed by atoms with E-state index in [1.165, 1.54) is 36.8 Å². The second-order valence-electron chi connectivity index (χ2n) is 4.02. The standard InChI is InChI=1S/C13H15N/c14-10-9-12-7-3-4-8-13(12)11-5-1-2-6-11/h3-4,7-8,11H,1-2,5-6,9H2. The van der Waals surface area contributed by atoms with E-state index in [1.54, 1.807) is 0 Å². The van der Waals surface area contributed by atoms with Gasteiger partial charge in [0.2, 0.25) is 0 Å². The smallest absolute Gasteiger partial charge is 0.0669 e. The fourth-order valence-corrected chi connectivity index (χ4v) is 2.42. The minimum atomic E-state index is 0.562. The average Bonchev–Trinajstić information content (AvgIpc) is 2.72. The summed E-state index contributed by atoms with van der Waals surface area (Å²) >= 11 is 0. The fourth-order valence-electron chi connectivity index (χ4n) is 2.42. The summed E-state index contributed by atoms with van der Waals surface area (Å²) in [4.78, 5) is 0. The van der Waals surface area contributed by atoms with Crippen LogP contribution in [0.2, 0.25) is 0 Å². The van der Waals surface area contributed by atoms with Gasteiger partial charge in [0.25, 0.3) is 0 Å². The first-order chi connectivity index (χ1) is 6.92. The molecule has 14 heavy (non-hydrogen) atoms. The van der Waals surface area contributed by atoms with Gasteiger partial charge in [-0.15, -0.1) is 0 Å². The Labute approximate surface area is 85.4 Å². The molecule has 1 saturated carbocycles. The lowest BCUT2D eigenvalue weighted by atomic mass is 9.92. The van der Waals surface area contributed by atoms with Crippen LogP contribution in [-0.4, -0.2) is 0 Å². The van der Waals surface area contributed by atoms with Crippen molar-refractivity contribution in [3.05, 3.63) is 35.4 Å². The lowest BCUT2D eigenvalue weighted by Gasteiger charge is -2.13. The number of hydrogen-bond donors (Lipinski definition) is 0. The monoisotopic (exact) mass is 185 g/mol. The second kappa shape index (κ2) is 4.28. The molecule has 1 aromatic carbocycles. The first-order valence-corrected chi connectivity index (χ1v) is 5.36. The highest BCUT2D eigenvalue weighted by Crippen LogP contribution is 2.35. The number of hydrogen-bond acceptors (Lipinski definition) is 1. The molecule has 2 rings (SSSR count). The molecule has 1 heteroatoms. The van der Waals surface area contributed by atoms with Crippen LogP contribution in [0.5, 0.6) is 0 Å². The molecule has 1 nitrogen and oxygen atoms in total. The van der Waals surface area contributed by atoms with Crippen molar-refractivity contribution in [3.63, 3.8) is 0 Å². The van der Waals surface area contributed by atoms with Gasteiger partial charge in [-0.1, -0.05) is 37.1 Å². The van der Waals surface area contributed by atoms with Crippen molar-refractivity contribution < 1.29 is 0 Å². The molecule has 0 radical (unpaired) electrons. The topological polar surface area (TPSA) is 23.8 Å². The average molecular weight is 185 g/mol. The Morgan fingerprint density at radius 1 is 1.21 bits per heavy atom. The highest BCUT2D eigenvalue weighted by Gasteiger charge is 2.18. The van der Waals surface area contributed by atoms with Gasteiger partial charge < -0.3 is 0 Å². The van der Waals surface area contributed by atoms with Crippen LogP contribution in [0.4, 0.5) is 0 Å². The predicted octanol–water partition coefficient (Wildman–Crippen LogP) is 3.41. The molecule has 0 bridgehead atoms. The zero-order valence-corrected chi connectivity index (χ0v) is 8.37. The molecule has 0 atom stereocenters. The number of nitrogens with zero attached hydrogens (tertiary/aromatic N) is 1. The van der Waals surface area contributed by atoms with Crippen LogP contribution in [0.3, 0.4) is 0 Å². The molecule has 0 aliphatic heterocycles. The summed E-state index contributed by atoms with van der Waals surface area (Å²) in [6.07, 6.45) is 5.88. The van der Waals surface area contributed by atoms with E-state index < -0.39 is 0 Å². The third kappa shape index (κ3) is 1.80. The Kier molecular flexibility index (Phi) is 2.84. The van der Waals surface area contributed by atoms with Gasteiger partial charge in [0.05, 0.1) is 12.5 Å². The molecule has 1 fully saturated rings. The Bertz CT molecular complexity index is 342. The van der Waals surface area contributed by atoms with Crippen molar-refractivity contribution in [2.75, 3.05) is 0 Å². The van der Waals surface area contributed by atoms with Crippen molar-refractivity contribution in [3.8, 4) is 6.07 Å². The summed E-state index contributed by atoms with van der Waals surface area (Å²) in [5.74, 6) is 0.722. The third-order valence-electron chi connectivity index (χ3n) is 3.12. The predicted molar refractivity (Wildman–Crippen MR) is 57.0 cm³/mol. The maximum absolute atomic E-state index is 8.74. The highest BCUT2D eigenvalue weighted by atomic mass is 14.3. The molecular weight excluding hydrogens is 170 g/mol.